The first-order valence-electron chi connectivity index (χ1n) is 8.69. The van der Waals surface area contributed by atoms with Crippen LogP contribution in [-0.4, -0.2) is 5.25 Å². The fourth-order valence-corrected chi connectivity index (χ4v) is 5.07. The molecule has 2 aliphatic rings. The van der Waals surface area contributed by atoms with Gasteiger partial charge in [0.1, 0.15) is 0 Å². The number of rotatable bonds is 6. The molecule has 2 atom stereocenters. The van der Waals surface area contributed by atoms with Crippen LogP contribution in [0.4, 0.5) is 0 Å². The fraction of sp³-hybridized carbons (Fsp3) is 0.889. The minimum atomic E-state index is 0.961. The topological polar surface area (TPSA) is 0 Å². The molecule has 0 N–H and O–H groups in total. The van der Waals surface area contributed by atoms with Crippen LogP contribution in [0.2, 0.25) is 0 Å². The lowest BCUT2D eigenvalue weighted by Crippen LogP contribution is -2.20. The van der Waals surface area contributed by atoms with Crippen molar-refractivity contribution < 1.29 is 0 Å². The van der Waals surface area contributed by atoms with Crippen LogP contribution in [0.15, 0.2) is 11.0 Å². The van der Waals surface area contributed by atoms with E-state index < -0.39 is 0 Å². The minimum absolute atomic E-state index is 0.961. The maximum Gasteiger partial charge on any atom is 0.0154 e. The van der Waals surface area contributed by atoms with Crippen LogP contribution in [-0.2, 0) is 0 Å². The molecule has 1 aliphatic carbocycles. The maximum absolute atomic E-state index is 2.54. The van der Waals surface area contributed by atoms with E-state index in [1.54, 1.807) is 0 Å². The van der Waals surface area contributed by atoms with Gasteiger partial charge in [0.15, 0.2) is 0 Å². The lowest BCUT2D eigenvalue weighted by molar-refractivity contribution is 0.375. The highest BCUT2D eigenvalue weighted by Gasteiger charge is 2.32. The Kier molecular flexibility index (Phi) is 8.94. The van der Waals surface area contributed by atoms with Crippen LogP contribution in [0.1, 0.15) is 85.5 Å². The summed E-state index contributed by atoms with van der Waals surface area (Å²) < 4.78 is 0. The normalized spacial score (nSPS) is 25.6. The van der Waals surface area contributed by atoms with Crippen LogP contribution < -0.4 is 0 Å². The molecule has 0 saturated heterocycles. The predicted octanol–water partition coefficient (Wildman–Crippen LogP) is 6.81. The average Bonchev–Trinajstić information content (AvgIpc) is 2.85. The molecule has 0 aromatic carbocycles. The number of allylic oxidation sites excluding steroid dienone is 1. The molecule has 2 rings (SSSR count). The molecule has 1 fully saturated rings. The first-order chi connectivity index (χ1) is 9.35. The van der Waals surface area contributed by atoms with Gasteiger partial charge < -0.3 is 0 Å². The van der Waals surface area contributed by atoms with Gasteiger partial charge in [-0.05, 0) is 36.5 Å². The molecule has 0 radical (unpaired) electrons. The summed E-state index contributed by atoms with van der Waals surface area (Å²) in [6, 6.07) is 0. The van der Waals surface area contributed by atoms with E-state index in [4.69, 9.17) is 0 Å². The molecule has 112 valence electrons. The summed E-state index contributed by atoms with van der Waals surface area (Å²) in [6.45, 7) is 8.67. The van der Waals surface area contributed by atoms with Gasteiger partial charge in [-0.3, -0.25) is 0 Å². The van der Waals surface area contributed by atoms with E-state index in [1.807, 2.05) is 19.4 Å². The monoisotopic (exact) mass is 282 g/mol. The quantitative estimate of drug-likeness (QED) is 0.515. The SMILES string of the molecule is CC.CCCC(CCC)CC1=CSC2CCCCC12. The van der Waals surface area contributed by atoms with Crippen molar-refractivity contribution in [1.29, 1.82) is 0 Å². The Morgan fingerprint density at radius 2 is 1.74 bits per heavy atom. The number of fused-ring (bicyclic) bond motifs is 1. The Morgan fingerprint density at radius 1 is 1.11 bits per heavy atom. The Balaban J connectivity index is 0.000000861. The van der Waals surface area contributed by atoms with Gasteiger partial charge in [-0.2, -0.15) is 0 Å². The van der Waals surface area contributed by atoms with Crippen LogP contribution in [0, 0.1) is 11.8 Å². The van der Waals surface area contributed by atoms with Gasteiger partial charge in [0.2, 0.25) is 0 Å². The minimum Gasteiger partial charge on any atom is -0.130 e. The van der Waals surface area contributed by atoms with E-state index in [2.05, 4.69) is 31.0 Å². The Labute approximate surface area is 125 Å². The molecule has 2 unspecified atom stereocenters. The van der Waals surface area contributed by atoms with Crippen LogP contribution in [0.25, 0.3) is 0 Å². The van der Waals surface area contributed by atoms with Crippen LogP contribution in [0.3, 0.4) is 0 Å². The van der Waals surface area contributed by atoms with Gasteiger partial charge in [0.05, 0.1) is 0 Å². The summed E-state index contributed by atoms with van der Waals surface area (Å²) in [5.41, 5.74) is 1.83. The molecule has 19 heavy (non-hydrogen) atoms. The molecule has 0 amide bonds. The zero-order chi connectivity index (χ0) is 14.1. The lowest BCUT2D eigenvalue weighted by atomic mass is 9.79. The highest BCUT2D eigenvalue weighted by molar-refractivity contribution is 8.03. The van der Waals surface area contributed by atoms with Crippen LogP contribution >= 0.6 is 11.8 Å². The summed E-state index contributed by atoms with van der Waals surface area (Å²) in [5, 5.41) is 3.50. The summed E-state index contributed by atoms with van der Waals surface area (Å²) in [5.74, 6) is 1.93. The van der Waals surface area contributed by atoms with Gasteiger partial charge in [-0.25, -0.2) is 0 Å². The van der Waals surface area contributed by atoms with Crippen molar-refractivity contribution in [2.75, 3.05) is 0 Å². The van der Waals surface area contributed by atoms with Gasteiger partial charge in [0, 0.05) is 5.25 Å². The van der Waals surface area contributed by atoms with Crippen molar-refractivity contribution in [2.24, 2.45) is 11.8 Å². The maximum atomic E-state index is 2.54. The third-order valence-corrected chi connectivity index (χ3v) is 5.84. The molecule has 0 aromatic heterocycles. The molecular formula is C18H34S. The Hall–Kier alpha value is 0.0900. The average molecular weight is 283 g/mol. The van der Waals surface area contributed by atoms with Crippen molar-refractivity contribution in [3.8, 4) is 0 Å². The molecule has 0 bridgehead atoms. The second kappa shape index (κ2) is 9.91. The summed E-state index contributed by atoms with van der Waals surface area (Å²) in [7, 11) is 0. The zero-order valence-electron chi connectivity index (χ0n) is 13.6. The van der Waals surface area contributed by atoms with E-state index in [0.717, 1.165) is 17.1 Å². The van der Waals surface area contributed by atoms with Crippen molar-refractivity contribution in [2.45, 2.75) is 90.7 Å². The molecule has 0 aromatic rings. The van der Waals surface area contributed by atoms with E-state index in [1.165, 1.54) is 57.8 Å². The smallest absolute Gasteiger partial charge is 0.0154 e. The van der Waals surface area contributed by atoms with E-state index in [0.29, 0.717) is 0 Å². The van der Waals surface area contributed by atoms with Crippen molar-refractivity contribution in [3.05, 3.63) is 11.0 Å². The molecule has 1 aliphatic heterocycles. The molecule has 1 heterocycles. The number of thioether (sulfide) groups is 1. The van der Waals surface area contributed by atoms with E-state index in [-0.39, 0.29) is 0 Å². The predicted molar refractivity (Wildman–Crippen MR) is 90.7 cm³/mol. The number of hydrogen-bond donors (Lipinski definition) is 0. The third kappa shape index (κ3) is 5.17. The molecule has 0 spiro atoms. The van der Waals surface area contributed by atoms with Crippen molar-refractivity contribution in [1.82, 2.24) is 0 Å². The Morgan fingerprint density at radius 3 is 2.37 bits per heavy atom. The third-order valence-electron chi connectivity index (χ3n) is 4.49. The first kappa shape index (κ1) is 17.1. The zero-order valence-corrected chi connectivity index (χ0v) is 14.4. The lowest BCUT2D eigenvalue weighted by Gasteiger charge is -2.28. The van der Waals surface area contributed by atoms with Crippen LogP contribution in [0.5, 0.6) is 0 Å². The Bertz CT molecular complexity index is 250. The number of hydrogen-bond acceptors (Lipinski definition) is 1. The van der Waals surface area contributed by atoms with Gasteiger partial charge >= 0.3 is 0 Å². The van der Waals surface area contributed by atoms with Crippen molar-refractivity contribution in [3.63, 3.8) is 0 Å². The molecular weight excluding hydrogens is 248 g/mol. The highest BCUT2D eigenvalue weighted by atomic mass is 32.2. The fourth-order valence-electron chi connectivity index (χ4n) is 3.64. The molecule has 0 nitrogen and oxygen atoms in total. The van der Waals surface area contributed by atoms with Gasteiger partial charge in [-0.15, -0.1) is 11.8 Å². The first-order valence-corrected chi connectivity index (χ1v) is 9.63. The summed E-state index contributed by atoms with van der Waals surface area (Å²) >= 11 is 2.15. The molecule has 1 heteroatoms. The highest BCUT2D eigenvalue weighted by Crippen LogP contribution is 2.46. The summed E-state index contributed by atoms with van der Waals surface area (Å²) in [4.78, 5) is 0. The standard InChI is InChI=1S/C16H28S.C2H6/c1-3-7-13(8-4-2)11-14-12-17-16-10-6-5-9-15(14)16;1-2/h12-13,15-16H,3-11H2,1-2H3;1-2H3. The van der Waals surface area contributed by atoms with Gasteiger partial charge in [0.25, 0.3) is 0 Å². The van der Waals surface area contributed by atoms with E-state index >= 15 is 0 Å². The second-order valence-corrected chi connectivity index (χ2v) is 7.02. The second-order valence-electron chi connectivity index (χ2n) is 5.91. The van der Waals surface area contributed by atoms with E-state index in [9.17, 15) is 0 Å². The van der Waals surface area contributed by atoms with Crippen molar-refractivity contribution >= 4 is 11.8 Å². The largest absolute Gasteiger partial charge is 0.130 e. The summed E-state index contributed by atoms with van der Waals surface area (Å²) in [6.07, 6.45) is 12.9. The molecule has 1 saturated carbocycles. The van der Waals surface area contributed by atoms with Gasteiger partial charge in [-0.1, -0.05) is 71.8 Å².